The number of anilines is 2. The van der Waals surface area contributed by atoms with E-state index in [0.29, 0.717) is 5.56 Å². The highest BCUT2D eigenvalue weighted by molar-refractivity contribution is 7.12. The number of carbonyl (C=O) groups excluding carboxylic acids is 1. The summed E-state index contributed by atoms with van der Waals surface area (Å²) >= 11 is 1.70. The zero-order chi connectivity index (χ0) is 15.8. The molecule has 0 fully saturated rings. The number of nitrogens with one attached hydrogen (secondary N) is 1. The van der Waals surface area contributed by atoms with Gasteiger partial charge in [-0.2, -0.15) is 0 Å². The number of carbonyl (C=O) groups is 1. The Hall–Kier alpha value is -2.66. The lowest BCUT2D eigenvalue weighted by Gasteiger charge is -2.37. The number of aromatic nitrogens is 1. The number of fused-ring (bicyclic) bond motifs is 1. The Kier molecular flexibility index (Phi) is 3.35. The molecule has 5 heteroatoms. The zero-order valence-electron chi connectivity index (χ0n) is 12.6. The first-order valence-corrected chi connectivity index (χ1v) is 8.21. The molecule has 1 atom stereocenters. The Morgan fingerprint density at radius 2 is 1.87 bits per heavy atom. The van der Waals surface area contributed by atoms with Crippen molar-refractivity contribution in [3.05, 3.63) is 76.2 Å². The highest BCUT2D eigenvalue weighted by Gasteiger charge is 2.34. The van der Waals surface area contributed by atoms with Crippen LogP contribution in [0, 0.1) is 6.92 Å². The molecule has 4 rings (SSSR count). The molecule has 1 aliphatic heterocycles. The van der Waals surface area contributed by atoms with E-state index in [4.69, 9.17) is 0 Å². The summed E-state index contributed by atoms with van der Waals surface area (Å²) < 4.78 is 0. The minimum atomic E-state index is -0.210. The first kappa shape index (κ1) is 14.0. The standard InChI is InChI=1S/C18H15N3OS/c1-12-6-7-16(23-12)17-20-15-5-3-2-4-14(15)18(22)21(17)13-8-10-19-11-9-13/h2-11,17,20H,1H3. The number of para-hydroxylation sites is 1. The molecule has 3 aromatic rings. The van der Waals surface area contributed by atoms with E-state index in [2.05, 4.69) is 29.4 Å². The second kappa shape index (κ2) is 5.52. The third-order valence-corrected chi connectivity index (χ3v) is 4.95. The molecular formula is C18H15N3OS. The van der Waals surface area contributed by atoms with Crippen LogP contribution in [0.1, 0.15) is 26.3 Å². The molecule has 0 radical (unpaired) electrons. The molecule has 0 saturated carbocycles. The molecule has 2 aromatic heterocycles. The summed E-state index contributed by atoms with van der Waals surface area (Å²) in [6.07, 6.45) is 3.21. The van der Waals surface area contributed by atoms with E-state index in [1.54, 1.807) is 28.6 Å². The number of rotatable bonds is 2. The van der Waals surface area contributed by atoms with Crippen molar-refractivity contribution < 1.29 is 4.79 Å². The van der Waals surface area contributed by atoms with Gasteiger partial charge < -0.3 is 5.32 Å². The quantitative estimate of drug-likeness (QED) is 0.768. The number of amides is 1. The molecule has 1 aliphatic rings. The van der Waals surface area contributed by atoms with Crippen LogP contribution in [0.5, 0.6) is 0 Å². The van der Waals surface area contributed by atoms with E-state index in [-0.39, 0.29) is 12.1 Å². The molecule has 1 amide bonds. The lowest BCUT2D eigenvalue weighted by Crippen LogP contribution is -2.42. The van der Waals surface area contributed by atoms with Gasteiger partial charge in [0, 0.05) is 33.5 Å². The van der Waals surface area contributed by atoms with E-state index in [0.717, 1.165) is 16.3 Å². The van der Waals surface area contributed by atoms with Crippen LogP contribution in [0.4, 0.5) is 11.4 Å². The van der Waals surface area contributed by atoms with Crippen molar-refractivity contribution in [2.75, 3.05) is 10.2 Å². The van der Waals surface area contributed by atoms with Crippen LogP contribution in [-0.2, 0) is 0 Å². The number of benzene rings is 1. The fourth-order valence-corrected chi connectivity index (χ4v) is 3.74. The minimum absolute atomic E-state index is 0.00148. The highest BCUT2D eigenvalue weighted by atomic mass is 32.1. The summed E-state index contributed by atoms with van der Waals surface area (Å²) in [5.74, 6) is 0.00148. The lowest BCUT2D eigenvalue weighted by molar-refractivity contribution is 0.0975. The number of pyridine rings is 1. The van der Waals surface area contributed by atoms with E-state index in [9.17, 15) is 4.79 Å². The third kappa shape index (κ3) is 2.39. The van der Waals surface area contributed by atoms with Crippen LogP contribution in [0.3, 0.4) is 0 Å². The summed E-state index contributed by atoms with van der Waals surface area (Å²) in [5.41, 5.74) is 2.40. The smallest absolute Gasteiger partial charge is 0.262 e. The van der Waals surface area contributed by atoms with Gasteiger partial charge in [-0.05, 0) is 43.3 Å². The third-order valence-electron chi connectivity index (χ3n) is 3.90. The van der Waals surface area contributed by atoms with Crippen LogP contribution in [0.15, 0.2) is 60.9 Å². The van der Waals surface area contributed by atoms with Gasteiger partial charge in [0.15, 0.2) is 0 Å². The minimum Gasteiger partial charge on any atom is -0.360 e. The van der Waals surface area contributed by atoms with E-state index < -0.39 is 0 Å². The maximum absolute atomic E-state index is 13.1. The van der Waals surface area contributed by atoms with Crippen LogP contribution in [0.2, 0.25) is 0 Å². The Morgan fingerprint density at radius 3 is 2.61 bits per heavy atom. The maximum Gasteiger partial charge on any atom is 0.262 e. The van der Waals surface area contributed by atoms with Gasteiger partial charge in [0.05, 0.1) is 5.56 Å². The number of thiophene rings is 1. The van der Waals surface area contributed by atoms with Gasteiger partial charge in [-0.15, -0.1) is 11.3 Å². The second-order valence-corrected chi connectivity index (χ2v) is 6.74. The van der Waals surface area contributed by atoms with Gasteiger partial charge in [0.25, 0.3) is 5.91 Å². The zero-order valence-corrected chi connectivity index (χ0v) is 13.4. The van der Waals surface area contributed by atoms with Crippen molar-refractivity contribution >= 4 is 28.6 Å². The molecule has 3 heterocycles. The molecular weight excluding hydrogens is 306 g/mol. The van der Waals surface area contributed by atoms with Crippen molar-refractivity contribution in [1.82, 2.24) is 4.98 Å². The van der Waals surface area contributed by atoms with Gasteiger partial charge in [-0.3, -0.25) is 14.7 Å². The molecule has 1 N–H and O–H groups in total. The molecule has 23 heavy (non-hydrogen) atoms. The summed E-state index contributed by atoms with van der Waals surface area (Å²) in [6, 6.07) is 15.5. The van der Waals surface area contributed by atoms with Gasteiger partial charge in [-0.25, -0.2) is 0 Å². The first-order chi connectivity index (χ1) is 11.2. The molecule has 0 spiro atoms. The Balaban J connectivity index is 1.86. The number of hydrogen-bond acceptors (Lipinski definition) is 4. The van der Waals surface area contributed by atoms with E-state index >= 15 is 0 Å². The summed E-state index contributed by atoms with van der Waals surface area (Å²) in [4.78, 5) is 21.3. The topological polar surface area (TPSA) is 45.2 Å². The first-order valence-electron chi connectivity index (χ1n) is 7.39. The highest BCUT2D eigenvalue weighted by Crippen LogP contribution is 2.38. The monoisotopic (exact) mass is 321 g/mol. The molecule has 0 aliphatic carbocycles. The average Bonchev–Trinajstić information content (AvgIpc) is 3.02. The number of hydrogen-bond donors (Lipinski definition) is 1. The predicted octanol–water partition coefficient (Wildman–Crippen LogP) is 4.22. The second-order valence-electron chi connectivity index (χ2n) is 5.42. The Morgan fingerprint density at radius 1 is 1.09 bits per heavy atom. The fraction of sp³-hybridized carbons (Fsp3) is 0.111. The van der Waals surface area contributed by atoms with E-state index in [1.807, 2.05) is 36.4 Å². The maximum atomic E-state index is 13.1. The van der Waals surface area contributed by atoms with Gasteiger partial charge >= 0.3 is 0 Å². The normalized spacial score (nSPS) is 16.8. The molecule has 4 nitrogen and oxygen atoms in total. The van der Waals surface area contributed by atoms with Crippen molar-refractivity contribution in [1.29, 1.82) is 0 Å². The van der Waals surface area contributed by atoms with E-state index in [1.165, 1.54) is 4.88 Å². The van der Waals surface area contributed by atoms with Gasteiger partial charge in [-0.1, -0.05) is 12.1 Å². The summed E-state index contributed by atoms with van der Waals surface area (Å²) in [6.45, 7) is 2.07. The van der Waals surface area contributed by atoms with Crippen LogP contribution in [-0.4, -0.2) is 10.9 Å². The largest absolute Gasteiger partial charge is 0.360 e. The van der Waals surface area contributed by atoms with Crippen LogP contribution >= 0.6 is 11.3 Å². The van der Waals surface area contributed by atoms with Crippen molar-refractivity contribution in [2.45, 2.75) is 13.1 Å². The average molecular weight is 321 g/mol. The Bertz CT molecular complexity index is 859. The van der Waals surface area contributed by atoms with Crippen LogP contribution < -0.4 is 10.2 Å². The SMILES string of the molecule is Cc1ccc(C2Nc3ccccc3C(=O)N2c2ccncc2)s1. The Labute approximate surface area is 138 Å². The number of aryl methyl sites for hydroxylation is 1. The van der Waals surface area contributed by atoms with Gasteiger partial charge in [0.1, 0.15) is 6.17 Å². The van der Waals surface area contributed by atoms with Crippen molar-refractivity contribution in [2.24, 2.45) is 0 Å². The lowest BCUT2D eigenvalue weighted by atomic mass is 10.1. The fourth-order valence-electron chi connectivity index (χ4n) is 2.82. The summed E-state index contributed by atoms with van der Waals surface area (Å²) in [7, 11) is 0. The van der Waals surface area contributed by atoms with Crippen molar-refractivity contribution in [3.8, 4) is 0 Å². The molecule has 1 aromatic carbocycles. The molecule has 114 valence electrons. The van der Waals surface area contributed by atoms with Crippen molar-refractivity contribution in [3.63, 3.8) is 0 Å². The van der Waals surface area contributed by atoms with Gasteiger partial charge in [0.2, 0.25) is 0 Å². The molecule has 1 unspecified atom stereocenters. The molecule has 0 saturated heterocycles. The predicted molar refractivity (Wildman–Crippen MR) is 92.9 cm³/mol. The number of nitrogens with zero attached hydrogens (tertiary/aromatic N) is 2. The van der Waals surface area contributed by atoms with Crippen LogP contribution in [0.25, 0.3) is 0 Å². The molecule has 0 bridgehead atoms. The summed E-state index contributed by atoms with van der Waals surface area (Å²) in [5, 5.41) is 3.50.